The summed E-state index contributed by atoms with van der Waals surface area (Å²) in [6.07, 6.45) is -5.01. The van der Waals surface area contributed by atoms with Gasteiger partial charge in [0, 0.05) is 12.6 Å². The molecule has 0 radical (unpaired) electrons. The molecule has 2 unspecified atom stereocenters. The van der Waals surface area contributed by atoms with Gasteiger partial charge >= 0.3 is 6.18 Å². The lowest BCUT2D eigenvalue weighted by atomic mass is 10.2. The van der Waals surface area contributed by atoms with Crippen LogP contribution in [-0.2, 0) is 0 Å². The van der Waals surface area contributed by atoms with E-state index in [0.29, 0.717) is 6.42 Å². The van der Waals surface area contributed by atoms with Crippen molar-refractivity contribution < 1.29 is 18.3 Å². The Bertz CT molecular complexity index is 138. The number of hydrogen-bond donors (Lipinski definition) is 2. The van der Waals surface area contributed by atoms with E-state index in [2.05, 4.69) is 5.32 Å². The summed E-state index contributed by atoms with van der Waals surface area (Å²) in [5, 5.41) is 11.7. The van der Waals surface area contributed by atoms with Gasteiger partial charge in [-0.15, -0.1) is 0 Å². The maximum absolute atomic E-state index is 11.8. The summed E-state index contributed by atoms with van der Waals surface area (Å²) < 4.78 is 35.4. The van der Waals surface area contributed by atoms with Gasteiger partial charge in [0.05, 0.1) is 12.5 Å². The normalized spacial score (nSPS) is 17.1. The highest BCUT2D eigenvalue weighted by Gasteiger charge is 2.29. The third-order valence-corrected chi connectivity index (χ3v) is 1.71. The highest BCUT2D eigenvalue weighted by molar-refractivity contribution is 4.67. The fourth-order valence-corrected chi connectivity index (χ4v) is 0.901. The molecule has 2 nitrogen and oxygen atoms in total. The van der Waals surface area contributed by atoms with Crippen molar-refractivity contribution in [3.05, 3.63) is 0 Å². The third-order valence-electron chi connectivity index (χ3n) is 1.71. The van der Waals surface area contributed by atoms with Crippen molar-refractivity contribution in [3.8, 4) is 0 Å². The average molecular weight is 199 g/mol. The van der Waals surface area contributed by atoms with E-state index in [4.69, 9.17) is 5.11 Å². The first kappa shape index (κ1) is 12.7. The van der Waals surface area contributed by atoms with Gasteiger partial charge in [0.2, 0.25) is 0 Å². The molecule has 0 bridgehead atoms. The first-order chi connectivity index (χ1) is 5.85. The molecule has 0 spiro atoms. The second kappa shape index (κ2) is 5.44. The molecule has 0 saturated heterocycles. The number of aliphatic hydroxyl groups excluding tert-OH is 1. The number of rotatable bonds is 5. The topological polar surface area (TPSA) is 32.3 Å². The summed E-state index contributed by atoms with van der Waals surface area (Å²) in [6.45, 7) is 3.45. The molecular formula is C8H16F3NO. The van der Waals surface area contributed by atoms with Crippen LogP contribution in [0.4, 0.5) is 13.2 Å². The van der Waals surface area contributed by atoms with E-state index >= 15 is 0 Å². The van der Waals surface area contributed by atoms with E-state index in [1.165, 1.54) is 6.92 Å². The molecule has 0 aliphatic rings. The largest absolute Gasteiger partial charge is 0.392 e. The minimum atomic E-state index is -4.14. The summed E-state index contributed by atoms with van der Waals surface area (Å²) in [6, 6.07) is -0.638. The zero-order valence-corrected chi connectivity index (χ0v) is 7.86. The van der Waals surface area contributed by atoms with Crippen LogP contribution in [0, 0.1) is 0 Å². The smallest absolute Gasteiger partial charge is 0.390 e. The molecule has 80 valence electrons. The minimum Gasteiger partial charge on any atom is -0.392 e. The Hall–Kier alpha value is -0.290. The molecule has 0 fully saturated rings. The van der Waals surface area contributed by atoms with Crippen LogP contribution < -0.4 is 5.32 Å². The van der Waals surface area contributed by atoms with Crippen molar-refractivity contribution in [3.63, 3.8) is 0 Å². The lowest BCUT2D eigenvalue weighted by Gasteiger charge is -2.17. The van der Waals surface area contributed by atoms with E-state index < -0.39 is 24.7 Å². The van der Waals surface area contributed by atoms with Gasteiger partial charge in [-0.25, -0.2) is 0 Å². The number of hydrogen-bond acceptors (Lipinski definition) is 2. The van der Waals surface area contributed by atoms with E-state index in [9.17, 15) is 13.2 Å². The molecule has 0 aromatic heterocycles. The Labute approximate surface area is 76.1 Å². The van der Waals surface area contributed by atoms with Crippen molar-refractivity contribution in [2.75, 3.05) is 6.54 Å². The number of halogens is 3. The molecule has 2 atom stereocenters. The van der Waals surface area contributed by atoms with Gasteiger partial charge in [-0.05, 0) is 13.3 Å². The molecule has 0 saturated carbocycles. The van der Waals surface area contributed by atoms with Crippen LogP contribution >= 0.6 is 0 Å². The van der Waals surface area contributed by atoms with Crippen molar-refractivity contribution in [1.29, 1.82) is 0 Å². The van der Waals surface area contributed by atoms with Gasteiger partial charge in [0.1, 0.15) is 0 Å². The Morgan fingerprint density at radius 2 is 1.92 bits per heavy atom. The molecule has 0 aliphatic carbocycles. The molecule has 0 amide bonds. The quantitative estimate of drug-likeness (QED) is 0.706. The Morgan fingerprint density at radius 3 is 2.31 bits per heavy atom. The van der Waals surface area contributed by atoms with Crippen LogP contribution in [0.2, 0.25) is 0 Å². The molecule has 5 heteroatoms. The van der Waals surface area contributed by atoms with E-state index in [0.717, 1.165) is 0 Å². The van der Waals surface area contributed by atoms with Crippen molar-refractivity contribution in [2.24, 2.45) is 0 Å². The van der Waals surface area contributed by atoms with Crippen LogP contribution in [0.1, 0.15) is 26.7 Å². The minimum absolute atomic E-state index is 0.216. The maximum atomic E-state index is 11.8. The zero-order valence-electron chi connectivity index (χ0n) is 7.86. The number of nitrogens with one attached hydrogen (secondary N) is 1. The highest BCUT2D eigenvalue weighted by atomic mass is 19.4. The molecule has 0 aromatic carbocycles. The lowest BCUT2D eigenvalue weighted by molar-refractivity contribution is -0.139. The van der Waals surface area contributed by atoms with Crippen molar-refractivity contribution in [1.82, 2.24) is 5.32 Å². The van der Waals surface area contributed by atoms with Crippen LogP contribution in [0.5, 0.6) is 0 Å². The summed E-state index contributed by atoms with van der Waals surface area (Å²) in [5.74, 6) is 0. The van der Waals surface area contributed by atoms with Gasteiger partial charge in [-0.3, -0.25) is 0 Å². The van der Waals surface area contributed by atoms with Crippen LogP contribution in [-0.4, -0.2) is 30.0 Å². The average Bonchev–Trinajstić information content (AvgIpc) is 1.97. The Morgan fingerprint density at radius 1 is 1.38 bits per heavy atom. The summed E-state index contributed by atoms with van der Waals surface area (Å²) in [5.41, 5.74) is 0. The predicted octanol–water partition coefficient (Wildman–Crippen LogP) is 1.69. The second-order valence-corrected chi connectivity index (χ2v) is 3.19. The summed E-state index contributed by atoms with van der Waals surface area (Å²) in [7, 11) is 0. The van der Waals surface area contributed by atoms with E-state index in [1.807, 2.05) is 0 Å². The van der Waals surface area contributed by atoms with Gasteiger partial charge in [0.25, 0.3) is 0 Å². The molecule has 0 heterocycles. The predicted molar refractivity (Wildman–Crippen MR) is 44.4 cm³/mol. The molecule has 0 rings (SSSR count). The number of aliphatic hydroxyl groups is 1. The summed E-state index contributed by atoms with van der Waals surface area (Å²) in [4.78, 5) is 0. The first-order valence-corrected chi connectivity index (χ1v) is 4.33. The van der Waals surface area contributed by atoms with Crippen LogP contribution in [0.25, 0.3) is 0 Å². The Kier molecular flexibility index (Phi) is 5.32. The molecule has 2 N–H and O–H groups in total. The van der Waals surface area contributed by atoms with Crippen LogP contribution in [0.3, 0.4) is 0 Å². The fraction of sp³-hybridized carbons (Fsp3) is 1.00. The van der Waals surface area contributed by atoms with E-state index in [1.54, 1.807) is 6.92 Å². The van der Waals surface area contributed by atoms with Gasteiger partial charge in [-0.1, -0.05) is 6.92 Å². The molecule has 0 aliphatic heterocycles. The fourth-order valence-electron chi connectivity index (χ4n) is 0.901. The van der Waals surface area contributed by atoms with E-state index in [-0.39, 0.29) is 6.54 Å². The second-order valence-electron chi connectivity index (χ2n) is 3.19. The molecule has 13 heavy (non-hydrogen) atoms. The monoisotopic (exact) mass is 199 g/mol. The Balaban J connectivity index is 3.57. The van der Waals surface area contributed by atoms with Gasteiger partial charge < -0.3 is 10.4 Å². The number of alkyl halides is 3. The van der Waals surface area contributed by atoms with Gasteiger partial charge in [0.15, 0.2) is 0 Å². The van der Waals surface area contributed by atoms with Crippen molar-refractivity contribution >= 4 is 0 Å². The summed E-state index contributed by atoms with van der Waals surface area (Å²) >= 11 is 0. The third kappa shape index (κ3) is 8.05. The zero-order chi connectivity index (χ0) is 10.5. The highest BCUT2D eigenvalue weighted by Crippen LogP contribution is 2.21. The van der Waals surface area contributed by atoms with Crippen molar-refractivity contribution in [2.45, 2.75) is 45.0 Å². The van der Waals surface area contributed by atoms with Crippen LogP contribution in [0.15, 0.2) is 0 Å². The molecule has 0 aromatic rings. The SMILES string of the molecule is CCC(O)CNC(C)CC(F)(F)F. The molecular weight excluding hydrogens is 183 g/mol. The first-order valence-electron chi connectivity index (χ1n) is 4.33. The maximum Gasteiger partial charge on any atom is 0.390 e. The lowest BCUT2D eigenvalue weighted by Crippen LogP contribution is -2.36. The van der Waals surface area contributed by atoms with Gasteiger partial charge in [-0.2, -0.15) is 13.2 Å². The standard InChI is InChI=1S/C8H16F3NO/c1-3-7(13)5-12-6(2)4-8(9,10)11/h6-7,12-13H,3-5H2,1-2H3.